The topological polar surface area (TPSA) is 38.1 Å². The van der Waals surface area contributed by atoms with Gasteiger partial charge in [0.1, 0.15) is 5.69 Å². The van der Waals surface area contributed by atoms with Crippen LogP contribution in [0, 0.1) is 0 Å². The van der Waals surface area contributed by atoms with Crippen LogP contribution in [-0.4, -0.2) is 21.2 Å². The van der Waals surface area contributed by atoms with Crippen LogP contribution in [0.4, 0.5) is 0 Å². The average molecular weight is 299 g/mol. The van der Waals surface area contributed by atoms with Crippen molar-refractivity contribution < 1.29 is 0 Å². The van der Waals surface area contributed by atoms with Gasteiger partial charge in [-0.3, -0.25) is 9.98 Å². The van der Waals surface area contributed by atoms with E-state index in [0.717, 1.165) is 39.1 Å². The van der Waals surface area contributed by atoms with Crippen molar-refractivity contribution in [3.05, 3.63) is 78.1 Å². The standard InChI is InChI=1S/C20H17N3/c1-13-14-8-4-5-9-15(14)19(23-20(13,2)3)18-12-21-16-10-6-7-11-17(16)22-18/h4-12H,1H2,2-3H3. The number of hydrogen-bond acceptors (Lipinski definition) is 3. The number of aromatic nitrogens is 2. The zero-order chi connectivity index (χ0) is 16.0. The van der Waals surface area contributed by atoms with Crippen molar-refractivity contribution in [1.29, 1.82) is 0 Å². The molecule has 3 nitrogen and oxygen atoms in total. The Kier molecular flexibility index (Phi) is 2.91. The largest absolute Gasteiger partial charge is 0.272 e. The summed E-state index contributed by atoms with van der Waals surface area (Å²) in [6.45, 7) is 8.41. The highest BCUT2D eigenvalue weighted by molar-refractivity contribution is 6.16. The second-order valence-corrected chi connectivity index (χ2v) is 6.29. The maximum absolute atomic E-state index is 4.93. The lowest BCUT2D eigenvalue weighted by Crippen LogP contribution is -2.28. The van der Waals surface area contributed by atoms with Gasteiger partial charge in [-0.05, 0) is 37.1 Å². The van der Waals surface area contributed by atoms with Crippen molar-refractivity contribution in [2.45, 2.75) is 19.4 Å². The van der Waals surface area contributed by atoms with Crippen molar-refractivity contribution in [2.75, 3.05) is 0 Å². The van der Waals surface area contributed by atoms with Gasteiger partial charge in [0.25, 0.3) is 0 Å². The molecule has 0 N–H and O–H groups in total. The van der Waals surface area contributed by atoms with E-state index in [4.69, 9.17) is 9.98 Å². The molecule has 0 saturated heterocycles. The molecule has 4 rings (SSSR count). The second kappa shape index (κ2) is 4.85. The molecule has 0 unspecified atom stereocenters. The van der Waals surface area contributed by atoms with Crippen LogP contribution in [0.3, 0.4) is 0 Å². The Hall–Kier alpha value is -2.81. The smallest absolute Gasteiger partial charge is 0.108 e. The van der Waals surface area contributed by atoms with Crippen LogP contribution in [0.5, 0.6) is 0 Å². The van der Waals surface area contributed by atoms with E-state index in [1.54, 1.807) is 0 Å². The molecule has 112 valence electrons. The van der Waals surface area contributed by atoms with Gasteiger partial charge in [0.05, 0.1) is 28.5 Å². The van der Waals surface area contributed by atoms with Crippen molar-refractivity contribution in [3.63, 3.8) is 0 Å². The number of hydrogen-bond donors (Lipinski definition) is 0. The number of benzene rings is 2. The van der Waals surface area contributed by atoms with E-state index in [-0.39, 0.29) is 5.54 Å². The summed E-state index contributed by atoms with van der Waals surface area (Å²) >= 11 is 0. The molecule has 0 atom stereocenters. The van der Waals surface area contributed by atoms with E-state index in [2.05, 4.69) is 37.5 Å². The fourth-order valence-corrected chi connectivity index (χ4v) is 2.96. The second-order valence-electron chi connectivity index (χ2n) is 6.29. The Bertz CT molecular complexity index is 967. The van der Waals surface area contributed by atoms with Crippen LogP contribution in [0.15, 0.2) is 66.3 Å². The molecule has 3 heteroatoms. The lowest BCUT2D eigenvalue weighted by molar-refractivity contribution is 0.674. The highest BCUT2D eigenvalue weighted by Gasteiger charge is 2.31. The fourth-order valence-electron chi connectivity index (χ4n) is 2.96. The minimum atomic E-state index is -0.350. The Morgan fingerprint density at radius 3 is 2.30 bits per heavy atom. The maximum atomic E-state index is 4.93. The van der Waals surface area contributed by atoms with Crippen molar-refractivity contribution in [2.24, 2.45) is 4.99 Å². The molecule has 3 aromatic rings. The first-order valence-electron chi connectivity index (χ1n) is 7.67. The molecule has 1 aromatic heterocycles. The number of rotatable bonds is 1. The van der Waals surface area contributed by atoms with Gasteiger partial charge in [-0.1, -0.05) is 43.0 Å². The summed E-state index contributed by atoms with van der Waals surface area (Å²) in [5, 5.41) is 0. The van der Waals surface area contributed by atoms with E-state index in [1.165, 1.54) is 0 Å². The monoisotopic (exact) mass is 299 g/mol. The third kappa shape index (κ3) is 2.16. The number of nitrogens with zero attached hydrogens (tertiary/aromatic N) is 3. The molecule has 1 aliphatic rings. The van der Waals surface area contributed by atoms with Crippen LogP contribution in [0.25, 0.3) is 16.6 Å². The summed E-state index contributed by atoms with van der Waals surface area (Å²) in [6.07, 6.45) is 1.81. The molecule has 0 spiro atoms. The van der Waals surface area contributed by atoms with Gasteiger partial charge in [-0.15, -0.1) is 0 Å². The lowest BCUT2D eigenvalue weighted by atomic mass is 9.82. The van der Waals surface area contributed by atoms with Crippen molar-refractivity contribution in [3.8, 4) is 0 Å². The number of fused-ring (bicyclic) bond motifs is 2. The van der Waals surface area contributed by atoms with Crippen LogP contribution in [0.1, 0.15) is 30.7 Å². The summed E-state index contributed by atoms with van der Waals surface area (Å²) in [7, 11) is 0. The summed E-state index contributed by atoms with van der Waals surface area (Å²) in [4.78, 5) is 14.2. The van der Waals surface area contributed by atoms with Gasteiger partial charge >= 0.3 is 0 Å². The molecular formula is C20H17N3. The van der Waals surface area contributed by atoms with Gasteiger partial charge in [-0.2, -0.15) is 0 Å². The Morgan fingerprint density at radius 1 is 0.870 bits per heavy atom. The van der Waals surface area contributed by atoms with Crippen molar-refractivity contribution in [1.82, 2.24) is 9.97 Å². The van der Waals surface area contributed by atoms with Gasteiger partial charge in [0, 0.05) is 5.56 Å². The fraction of sp³-hybridized carbons (Fsp3) is 0.150. The first kappa shape index (κ1) is 13.8. The van der Waals surface area contributed by atoms with Crippen LogP contribution in [0.2, 0.25) is 0 Å². The zero-order valence-electron chi connectivity index (χ0n) is 13.2. The predicted octanol–water partition coefficient (Wildman–Crippen LogP) is 4.27. The highest BCUT2D eigenvalue weighted by atomic mass is 14.9. The summed E-state index contributed by atoms with van der Waals surface area (Å²) in [6, 6.07) is 16.1. The minimum absolute atomic E-state index is 0.350. The SMILES string of the molecule is C=C1c2ccccc2C(c2cnc3ccccc3n2)=NC1(C)C. The van der Waals surface area contributed by atoms with E-state index in [1.807, 2.05) is 42.6 Å². The Morgan fingerprint density at radius 2 is 1.52 bits per heavy atom. The predicted molar refractivity (Wildman–Crippen MR) is 94.7 cm³/mol. The quantitative estimate of drug-likeness (QED) is 0.673. The highest BCUT2D eigenvalue weighted by Crippen LogP contribution is 2.37. The molecule has 0 bridgehead atoms. The first-order valence-corrected chi connectivity index (χ1v) is 7.67. The van der Waals surface area contributed by atoms with E-state index >= 15 is 0 Å². The molecule has 0 fully saturated rings. The zero-order valence-corrected chi connectivity index (χ0v) is 13.2. The molecule has 1 aliphatic heterocycles. The molecule has 2 aromatic carbocycles. The van der Waals surface area contributed by atoms with E-state index < -0.39 is 0 Å². The van der Waals surface area contributed by atoms with Gasteiger partial charge < -0.3 is 0 Å². The summed E-state index contributed by atoms with van der Waals surface area (Å²) in [5.74, 6) is 0. The van der Waals surface area contributed by atoms with Crippen LogP contribution < -0.4 is 0 Å². The average Bonchev–Trinajstić information content (AvgIpc) is 2.58. The molecular weight excluding hydrogens is 282 g/mol. The Balaban J connectivity index is 1.97. The van der Waals surface area contributed by atoms with Gasteiger partial charge in [0.2, 0.25) is 0 Å². The van der Waals surface area contributed by atoms with Crippen molar-refractivity contribution >= 4 is 22.3 Å². The third-order valence-corrected chi connectivity index (χ3v) is 4.33. The molecule has 0 aliphatic carbocycles. The summed E-state index contributed by atoms with van der Waals surface area (Å²) < 4.78 is 0. The minimum Gasteiger partial charge on any atom is -0.272 e. The summed E-state index contributed by atoms with van der Waals surface area (Å²) in [5.41, 5.74) is 6.35. The molecule has 2 heterocycles. The Labute approximate surface area is 135 Å². The van der Waals surface area contributed by atoms with Crippen LogP contribution >= 0.6 is 0 Å². The number of para-hydroxylation sites is 2. The van der Waals surface area contributed by atoms with Gasteiger partial charge in [-0.25, -0.2) is 4.98 Å². The van der Waals surface area contributed by atoms with E-state index in [9.17, 15) is 0 Å². The third-order valence-electron chi connectivity index (χ3n) is 4.33. The molecule has 0 radical (unpaired) electrons. The first-order chi connectivity index (χ1) is 11.1. The molecule has 0 amide bonds. The normalized spacial score (nSPS) is 16.1. The molecule has 23 heavy (non-hydrogen) atoms. The maximum Gasteiger partial charge on any atom is 0.108 e. The van der Waals surface area contributed by atoms with Gasteiger partial charge in [0.15, 0.2) is 0 Å². The van der Waals surface area contributed by atoms with Crippen LogP contribution in [-0.2, 0) is 0 Å². The number of aliphatic imine (C=N–C) groups is 1. The molecule has 0 saturated carbocycles. The lowest BCUT2D eigenvalue weighted by Gasteiger charge is -2.31. The van der Waals surface area contributed by atoms with E-state index in [0.29, 0.717) is 0 Å².